The van der Waals surface area contributed by atoms with Crippen molar-refractivity contribution < 1.29 is 13.2 Å². The Bertz CT molecular complexity index is 1110. The van der Waals surface area contributed by atoms with E-state index in [1.54, 1.807) is 13.2 Å². The van der Waals surface area contributed by atoms with E-state index < -0.39 is 10.0 Å². The van der Waals surface area contributed by atoms with Crippen LogP contribution in [0.3, 0.4) is 0 Å². The molecule has 0 saturated heterocycles. The van der Waals surface area contributed by atoms with Crippen LogP contribution in [0.4, 0.5) is 5.69 Å². The molecule has 154 valence electrons. The number of anilines is 1. The Kier molecular flexibility index (Phi) is 6.16. The first-order valence-corrected chi connectivity index (χ1v) is 10.5. The number of rotatable bonds is 5. The van der Waals surface area contributed by atoms with Gasteiger partial charge in [-0.15, -0.1) is 12.4 Å². The summed E-state index contributed by atoms with van der Waals surface area (Å²) in [7, 11) is -2.16. The van der Waals surface area contributed by atoms with Gasteiger partial charge in [0.2, 0.25) is 10.0 Å². The third-order valence-electron chi connectivity index (χ3n) is 4.98. The van der Waals surface area contributed by atoms with Crippen LogP contribution in [0.15, 0.2) is 59.8 Å². The summed E-state index contributed by atoms with van der Waals surface area (Å²) in [6, 6.07) is 12.7. The highest BCUT2D eigenvalue weighted by atomic mass is 35.5. The molecule has 7 nitrogen and oxygen atoms in total. The first-order chi connectivity index (χ1) is 13.5. The summed E-state index contributed by atoms with van der Waals surface area (Å²) >= 11 is 0. The minimum Gasteiger partial charge on any atom is -0.494 e. The summed E-state index contributed by atoms with van der Waals surface area (Å²) in [5.41, 5.74) is 9.32. The summed E-state index contributed by atoms with van der Waals surface area (Å²) < 4.78 is 35.6. The highest BCUT2D eigenvalue weighted by Crippen LogP contribution is 2.32. The number of sulfonamides is 1. The fourth-order valence-corrected chi connectivity index (χ4v) is 4.79. The van der Waals surface area contributed by atoms with Crippen LogP contribution in [-0.4, -0.2) is 25.3 Å². The molecule has 0 saturated carbocycles. The first kappa shape index (κ1) is 21.2. The Morgan fingerprint density at radius 3 is 2.83 bits per heavy atom. The van der Waals surface area contributed by atoms with E-state index in [2.05, 4.69) is 9.82 Å². The highest BCUT2D eigenvalue weighted by Gasteiger charge is 2.27. The molecule has 4 rings (SSSR count). The standard InChI is InChI=1S/C20H22N4O3S.ClH/c1-27-20-8-3-2-7-19(20)24-13-16(12-22-24)28(25,26)23-18-6-4-5-14-11-15(21)9-10-17(14)18;/h2-3,7-13,18,23H,4-6,21H2,1H3;1H. The van der Waals surface area contributed by atoms with Crippen LogP contribution in [0.1, 0.15) is 30.0 Å². The second-order valence-corrected chi connectivity index (χ2v) is 8.53. The van der Waals surface area contributed by atoms with Crippen molar-refractivity contribution in [3.63, 3.8) is 0 Å². The normalized spacial score (nSPS) is 16.0. The van der Waals surface area contributed by atoms with E-state index in [-0.39, 0.29) is 23.3 Å². The summed E-state index contributed by atoms with van der Waals surface area (Å²) in [5, 5.41) is 4.21. The van der Waals surface area contributed by atoms with E-state index in [0.29, 0.717) is 17.1 Å². The third kappa shape index (κ3) is 4.24. The Labute approximate surface area is 176 Å². The number of aromatic nitrogens is 2. The number of aryl methyl sites for hydroxylation is 1. The Morgan fingerprint density at radius 2 is 2.03 bits per heavy atom. The van der Waals surface area contributed by atoms with Crippen molar-refractivity contribution in [3.8, 4) is 11.4 Å². The molecule has 29 heavy (non-hydrogen) atoms. The van der Waals surface area contributed by atoms with Crippen LogP contribution < -0.4 is 15.2 Å². The van der Waals surface area contributed by atoms with Crippen LogP contribution >= 0.6 is 12.4 Å². The SMILES string of the molecule is COc1ccccc1-n1cc(S(=O)(=O)NC2CCCc3cc(N)ccc32)cn1.Cl. The fraction of sp³-hybridized carbons (Fsp3) is 0.250. The van der Waals surface area contributed by atoms with Gasteiger partial charge in [-0.1, -0.05) is 18.2 Å². The number of methoxy groups -OCH3 is 1. The smallest absolute Gasteiger partial charge is 0.244 e. The summed E-state index contributed by atoms with van der Waals surface area (Å²) in [4.78, 5) is 0.112. The van der Waals surface area contributed by atoms with Crippen molar-refractivity contribution in [2.75, 3.05) is 12.8 Å². The van der Waals surface area contributed by atoms with E-state index in [0.717, 1.165) is 30.4 Å². The first-order valence-electron chi connectivity index (χ1n) is 9.06. The molecule has 1 aliphatic rings. The lowest BCUT2D eigenvalue weighted by Gasteiger charge is -2.26. The monoisotopic (exact) mass is 434 g/mol. The van der Waals surface area contributed by atoms with Crippen LogP contribution in [0, 0.1) is 0 Å². The molecule has 0 amide bonds. The molecule has 0 fully saturated rings. The van der Waals surface area contributed by atoms with Crippen LogP contribution in [0.25, 0.3) is 5.69 Å². The third-order valence-corrected chi connectivity index (χ3v) is 6.41. The van der Waals surface area contributed by atoms with Crippen molar-refractivity contribution in [1.82, 2.24) is 14.5 Å². The highest BCUT2D eigenvalue weighted by molar-refractivity contribution is 7.89. The number of ether oxygens (including phenoxy) is 1. The van der Waals surface area contributed by atoms with Gasteiger partial charge in [-0.25, -0.2) is 17.8 Å². The topological polar surface area (TPSA) is 99.2 Å². The van der Waals surface area contributed by atoms with E-state index >= 15 is 0 Å². The van der Waals surface area contributed by atoms with Crippen molar-refractivity contribution >= 4 is 28.1 Å². The molecule has 1 atom stereocenters. The predicted molar refractivity (Wildman–Crippen MR) is 114 cm³/mol. The van der Waals surface area contributed by atoms with Gasteiger partial charge in [0.05, 0.1) is 19.5 Å². The zero-order valence-electron chi connectivity index (χ0n) is 15.9. The van der Waals surface area contributed by atoms with Gasteiger partial charge in [0, 0.05) is 11.7 Å². The largest absolute Gasteiger partial charge is 0.494 e. The average Bonchev–Trinajstić information content (AvgIpc) is 3.19. The molecule has 0 radical (unpaired) electrons. The molecule has 3 aromatic rings. The average molecular weight is 435 g/mol. The molecule has 0 bridgehead atoms. The van der Waals surface area contributed by atoms with Gasteiger partial charge in [0.1, 0.15) is 16.3 Å². The van der Waals surface area contributed by atoms with Crippen molar-refractivity contribution in [3.05, 3.63) is 66.0 Å². The van der Waals surface area contributed by atoms with Gasteiger partial charge in [-0.2, -0.15) is 5.10 Å². The molecule has 0 spiro atoms. The number of nitrogen functional groups attached to an aromatic ring is 1. The Morgan fingerprint density at radius 1 is 1.24 bits per heavy atom. The van der Waals surface area contributed by atoms with E-state index in [1.165, 1.54) is 17.1 Å². The molecule has 0 aliphatic heterocycles. The van der Waals surface area contributed by atoms with Crippen molar-refractivity contribution in [1.29, 1.82) is 0 Å². The summed E-state index contributed by atoms with van der Waals surface area (Å²) in [6.45, 7) is 0. The van der Waals surface area contributed by atoms with Gasteiger partial charge in [-0.05, 0) is 54.7 Å². The number of hydrogen-bond acceptors (Lipinski definition) is 5. The lowest BCUT2D eigenvalue weighted by atomic mass is 9.88. The Balaban J connectivity index is 0.00000240. The van der Waals surface area contributed by atoms with Crippen molar-refractivity contribution in [2.45, 2.75) is 30.2 Å². The number of fused-ring (bicyclic) bond motifs is 1. The van der Waals surface area contributed by atoms with Gasteiger partial charge in [0.15, 0.2) is 0 Å². The molecule has 3 N–H and O–H groups in total. The molecule has 9 heteroatoms. The molecule has 1 heterocycles. The number of benzene rings is 2. The lowest BCUT2D eigenvalue weighted by molar-refractivity contribution is 0.411. The molecular weight excluding hydrogens is 412 g/mol. The minimum absolute atomic E-state index is 0. The van der Waals surface area contributed by atoms with Crippen LogP contribution in [0.2, 0.25) is 0 Å². The maximum absolute atomic E-state index is 13.0. The number of nitrogens with one attached hydrogen (secondary N) is 1. The maximum atomic E-state index is 13.0. The number of nitrogens with zero attached hydrogens (tertiary/aromatic N) is 2. The Hall–Kier alpha value is -2.55. The van der Waals surface area contributed by atoms with Crippen LogP contribution in [0.5, 0.6) is 5.75 Å². The number of para-hydroxylation sites is 2. The number of nitrogens with two attached hydrogens (primary N) is 1. The van der Waals surface area contributed by atoms with Gasteiger partial charge in [0.25, 0.3) is 0 Å². The van der Waals surface area contributed by atoms with Gasteiger partial charge >= 0.3 is 0 Å². The summed E-state index contributed by atoms with van der Waals surface area (Å²) in [6.07, 6.45) is 5.40. The van der Waals surface area contributed by atoms with Gasteiger partial charge < -0.3 is 10.5 Å². The van der Waals surface area contributed by atoms with Gasteiger partial charge in [-0.3, -0.25) is 0 Å². The zero-order chi connectivity index (χ0) is 19.7. The second kappa shape index (κ2) is 8.44. The maximum Gasteiger partial charge on any atom is 0.244 e. The molecule has 1 unspecified atom stereocenters. The second-order valence-electron chi connectivity index (χ2n) is 6.82. The van der Waals surface area contributed by atoms with E-state index in [4.69, 9.17) is 10.5 Å². The summed E-state index contributed by atoms with van der Waals surface area (Å²) in [5.74, 6) is 0.612. The zero-order valence-corrected chi connectivity index (χ0v) is 17.5. The molecule has 1 aliphatic carbocycles. The van der Waals surface area contributed by atoms with E-state index in [1.807, 2.05) is 36.4 Å². The fourth-order valence-electron chi connectivity index (χ4n) is 3.61. The molecular formula is C20H23ClN4O3S. The number of halogens is 1. The number of hydrogen-bond donors (Lipinski definition) is 2. The van der Waals surface area contributed by atoms with Crippen LogP contribution in [-0.2, 0) is 16.4 Å². The lowest BCUT2D eigenvalue weighted by Crippen LogP contribution is -2.31. The van der Waals surface area contributed by atoms with E-state index in [9.17, 15) is 8.42 Å². The quantitative estimate of drug-likeness (QED) is 0.600. The molecule has 2 aromatic carbocycles. The molecule has 1 aromatic heterocycles. The van der Waals surface area contributed by atoms with Crippen molar-refractivity contribution in [2.24, 2.45) is 0 Å². The minimum atomic E-state index is -3.72. The predicted octanol–water partition coefficient (Wildman–Crippen LogP) is 3.24.